The minimum Gasteiger partial charge on any atom is -0.480 e. The van der Waals surface area contributed by atoms with E-state index in [0.717, 1.165) is 16.0 Å². The summed E-state index contributed by atoms with van der Waals surface area (Å²) in [6, 6.07) is 11.9. The van der Waals surface area contributed by atoms with Crippen LogP contribution < -0.4 is 10.2 Å². The zero-order valence-electron chi connectivity index (χ0n) is 18.5. The SMILES string of the molecule is CCC(C)C1(C(=O)O)NC(c2ccccc2C)C2C(=O)N(c3cccc([N+](=O)[O-])c3)C(=O)C21. The average molecular weight is 451 g/mol. The Labute approximate surface area is 190 Å². The number of hydrogen-bond donors (Lipinski definition) is 2. The van der Waals surface area contributed by atoms with Crippen molar-refractivity contribution in [3.05, 3.63) is 69.8 Å². The number of imide groups is 1. The van der Waals surface area contributed by atoms with Crippen molar-refractivity contribution in [1.29, 1.82) is 0 Å². The lowest BCUT2D eigenvalue weighted by molar-refractivity contribution is -0.384. The van der Waals surface area contributed by atoms with Gasteiger partial charge in [-0.1, -0.05) is 50.6 Å². The second-order valence-corrected chi connectivity index (χ2v) is 8.75. The molecule has 0 bridgehead atoms. The number of nitrogens with zero attached hydrogens (tertiary/aromatic N) is 2. The number of carbonyl (C=O) groups is 3. The van der Waals surface area contributed by atoms with E-state index in [2.05, 4.69) is 5.32 Å². The van der Waals surface area contributed by atoms with Crippen LogP contribution in [0.3, 0.4) is 0 Å². The number of aliphatic carboxylic acids is 1. The van der Waals surface area contributed by atoms with E-state index < -0.39 is 52.0 Å². The molecular formula is C24H25N3O6. The van der Waals surface area contributed by atoms with E-state index in [1.165, 1.54) is 24.3 Å². The molecule has 0 spiro atoms. The molecule has 9 heteroatoms. The van der Waals surface area contributed by atoms with Gasteiger partial charge in [0, 0.05) is 18.2 Å². The third-order valence-electron chi connectivity index (χ3n) is 7.16. The van der Waals surface area contributed by atoms with Gasteiger partial charge in [-0.15, -0.1) is 0 Å². The first-order chi connectivity index (χ1) is 15.6. The van der Waals surface area contributed by atoms with E-state index in [-0.39, 0.29) is 11.4 Å². The van der Waals surface area contributed by atoms with E-state index in [1.807, 2.05) is 38.1 Å². The van der Waals surface area contributed by atoms with Gasteiger partial charge in [0.1, 0.15) is 5.54 Å². The molecule has 0 radical (unpaired) electrons. The van der Waals surface area contributed by atoms with Crippen LogP contribution in [0, 0.1) is 34.8 Å². The molecule has 2 aromatic rings. The van der Waals surface area contributed by atoms with Crippen molar-refractivity contribution < 1.29 is 24.4 Å². The largest absolute Gasteiger partial charge is 0.480 e. The predicted octanol–water partition coefficient (Wildman–Crippen LogP) is 3.22. The van der Waals surface area contributed by atoms with Gasteiger partial charge in [0.2, 0.25) is 11.8 Å². The smallest absolute Gasteiger partial charge is 0.325 e. The first kappa shape index (κ1) is 22.6. The zero-order valence-corrected chi connectivity index (χ0v) is 18.5. The number of benzene rings is 2. The lowest BCUT2D eigenvalue weighted by Crippen LogP contribution is -2.59. The molecule has 2 amide bonds. The summed E-state index contributed by atoms with van der Waals surface area (Å²) in [7, 11) is 0. The molecule has 4 rings (SSSR count). The normalized spacial score (nSPS) is 27.5. The molecule has 33 heavy (non-hydrogen) atoms. The van der Waals surface area contributed by atoms with E-state index in [1.54, 1.807) is 6.92 Å². The van der Waals surface area contributed by atoms with Gasteiger partial charge < -0.3 is 5.11 Å². The van der Waals surface area contributed by atoms with Crippen molar-refractivity contribution >= 4 is 29.2 Å². The molecule has 172 valence electrons. The minimum absolute atomic E-state index is 0.0700. The highest BCUT2D eigenvalue weighted by molar-refractivity contribution is 6.24. The number of rotatable bonds is 6. The molecule has 0 aliphatic carbocycles. The van der Waals surface area contributed by atoms with Crippen LogP contribution in [0.4, 0.5) is 11.4 Å². The Bertz CT molecular complexity index is 1160. The highest BCUT2D eigenvalue weighted by Gasteiger charge is 2.70. The topological polar surface area (TPSA) is 130 Å². The van der Waals surface area contributed by atoms with Crippen LogP contribution >= 0.6 is 0 Å². The summed E-state index contributed by atoms with van der Waals surface area (Å²) in [6.45, 7) is 5.47. The summed E-state index contributed by atoms with van der Waals surface area (Å²) < 4.78 is 0. The molecule has 0 aromatic heterocycles. The van der Waals surface area contributed by atoms with Crippen molar-refractivity contribution in [1.82, 2.24) is 5.32 Å². The van der Waals surface area contributed by atoms with Gasteiger partial charge in [-0.3, -0.25) is 29.8 Å². The van der Waals surface area contributed by atoms with Crippen LogP contribution in [0.2, 0.25) is 0 Å². The van der Waals surface area contributed by atoms with Gasteiger partial charge in [-0.05, 0) is 30.0 Å². The highest BCUT2D eigenvalue weighted by Crippen LogP contribution is 2.53. The standard InChI is InChI=1S/C24H25N3O6/c1-4-14(3)24(23(30)31)19-18(20(25-24)17-11-6-5-8-13(17)2)21(28)26(22(19)29)15-9-7-10-16(12-15)27(32)33/h5-12,14,18-20,25H,4H2,1-3H3,(H,30,31). The van der Waals surface area contributed by atoms with Crippen molar-refractivity contribution in [3.63, 3.8) is 0 Å². The molecule has 2 saturated heterocycles. The summed E-state index contributed by atoms with van der Waals surface area (Å²) in [5, 5.41) is 24.8. The first-order valence-corrected chi connectivity index (χ1v) is 10.8. The first-order valence-electron chi connectivity index (χ1n) is 10.8. The van der Waals surface area contributed by atoms with Crippen LogP contribution in [0.5, 0.6) is 0 Å². The fraction of sp³-hybridized carbons (Fsp3) is 0.375. The molecule has 2 aliphatic rings. The Morgan fingerprint density at radius 1 is 1.21 bits per heavy atom. The van der Waals surface area contributed by atoms with E-state index in [9.17, 15) is 29.6 Å². The lowest BCUT2D eigenvalue weighted by Gasteiger charge is -2.36. The van der Waals surface area contributed by atoms with Gasteiger partial charge in [0.15, 0.2) is 0 Å². The second-order valence-electron chi connectivity index (χ2n) is 8.75. The number of carboxylic acid groups (broad SMARTS) is 1. The molecule has 2 fully saturated rings. The fourth-order valence-corrected chi connectivity index (χ4v) is 5.33. The minimum atomic E-state index is -1.66. The van der Waals surface area contributed by atoms with Gasteiger partial charge in [0.25, 0.3) is 5.69 Å². The Kier molecular flexibility index (Phi) is 5.53. The van der Waals surface area contributed by atoms with Crippen molar-refractivity contribution in [2.75, 3.05) is 4.90 Å². The molecular weight excluding hydrogens is 426 g/mol. The third-order valence-corrected chi connectivity index (χ3v) is 7.16. The maximum absolute atomic E-state index is 13.7. The van der Waals surface area contributed by atoms with Gasteiger partial charge in [-0.25, -0.2) is 4.90 Å². The molecule has 2 aromatic carbocycles. The van der Waals surface area contributed by atoms with Gasteiger partial charge in [-0.2, -0.15) is 0 Å². The number of amides is 2. The second kappa shape index (κ2) is 8.08. The number of non-ortho nitro benzene ring substituents is 1. The van der Waals surface area contributed by atoms with Crippen LogP contribution in [0.1, 0.15) is 37.4 Å². The van der Waals surface area contributed by atoms with E-state index >= 15 is 0 Å². The average Bonchev–Trinajstić information content (AvgIpc) is 3.28. The number of aryl methyl sites for hydroxylation is 1. The van der Waals surface area contributed by atoms with Crippen LogP contribution in [0.25, 0.3) is 0 Å². The lowest BCUT2D eigenvalue weighted by atomic mass is 9.72. The molecule has 5 atom stereocenters. The van der Waals surface area contributed by atoms with Crippen molar-refractivity contribution in [2.45, 2.75) is 38.8 Å². The van der Waals surface area contributed by atoms with Crippen LogP contribution in [-0.4, -0.2) is 33.4 Å². The fourth-order valence-electron chi connectivity index (χ4n) is 5.33. The highest BCUT2D eigenvalue weighted by atomic mass is 16.6. The molecule has 9 nitrogen and oxygen atoms in total. The van der Waals surface area contributed by atoms with Crippen LogP contribution in [-0.2, 0) is 14.4 Å². The summed E-state index contributed by atoms with van der Waals surface area (Å²) in [6.07, 6.45) is 0.474. The number of nitrogens with one attached hydrogen (secondary N) is 1. The molecule has 2 N–H and O–H groups in total. The Morgan fingerprint density at radius 2 is 1.91 bits per heavy atom. The van der Waals surface area contributed by atoms with Gasteiger partial charge >= 0.3 is 5.97 Å². The maximum Gasteiger partial charge on any atom is 0.325 e. The number of carbonyl (C=O) groups excluding carboxylic acids is 2. The van der Waals surface area contributed by atoms with E-state index in [4.69, 9.17) is 0 Å². The van der Waals surface area contributed by atoms with Crippen molar-refractivity contribution in [3.8, 4) is 0 Å². The third kappa shape index (κ3) is 3.22. The Morgan fingerprint density at radius 3 is 2.52 bits per heavy atom. The summed E-state index contributed by atoms with van der Waals surface area (Å²) in [5.74, 6) is -4.97. The number of hydrogen-bond acceptors (Lipinski definition) is 6. The maximum atomic E-state index is 13.7. The number of anilines is 1. The molecule has 2 heterocycles. The Balaban J connectivity index is 1.91. The number of fused-ring (bicyclic) bond motifs is 1. The molecule has 2 aliphatic heterocycles. The molecule has 0 saturated carbocycles. The summed E-state index contributed by atoms with van der Waals surface area (Å²) in [5.41, 5.74) is -0.228. The summed E-state index contributed by atoms with van der Waals surface area (Å²) >= 11 is 0. The number of nitro groups is 1. The monoisotopic (exact) mass is 451 g/mol. The number of carboxylic acids is 1. The van der Waals surface area contributed by atoms with Gasteiger partial charge in [0.05, 0.1) is 22.4 Å². The Hall–Kier alpha value is -3.59. The predicted molar refractivity (Wildman–Crippen MR) is 119 cm³/mol. The summed E-state index contributed by atoms with van der Waals surface area (Å²) in [4.78, 5) is 51.7. The number of nitro benzene ring substituents is 1. The molecule has 5 unspecified atom stereocenters. The zero-order chi connectivity index (χ0) is 24.1. The quantitative estimate of drug-likeness (QED) is 0.392. The van der Waals surface area contributed by atoms with Crippen LogP contribution in [0.15, 0.2) is 48.5 Å². The van der Waals surface area contributed by atoms with E-state index in [0.29, 0.717) is 6.42 Å². The van der Waals surface area contributed by atoms with Crippen molar-refractivity contribution in [2.24, 2.45) is 17.8 Å².